The molecule has 2 N–H and O–H groups in total. The molecule has 0 aromatic heterocycles. The molecule has 2 aromatic carbocycles. The Bertz CT molecular complexity index is 1010. The Morgan fingerprint density at radius 3 is 2.55 bits per heavy atom. The monoisotopic (exact) mass is 514 g/mol. The lowest BCUT2D eigenvalue weighted by Gasteiger charge is -2.26. The Kier molecular flexibility index (Phi) is 7.74. The molecule has 0 aliphatic carbocycles. The third-order valence-electron chi connectivity index (χ3n) is 5.88. The highest BCUT2D eigenvalue weighted by molar-refractivity contribution is 9.10. The molecule has 8 nitrogen and oxygen atoms in total. The number of hydrogen-bond donors (Lipinski definition) is 2. The number of nitrogens with zero attached hydrogens (tertiary/aromatic N) is 2. The summed E-state index contributed by atoms with van der Waals surface area (Å²) in [5, 5.41) is 5.79. The van der Waals surface area contributed by atoms with Gasteiger partial charge in [-0.05, 0) is 36.4 Å². The van der Waals surface area contributed by atoms with Crippen LogP contribution in [0.15, 0.2) is 53.0 Å². The van der Waals surface area contributed by atoms with E-state index in [9.17, 15) is 14.4 Å². The van der Waals surface area contributed by atoms with Crippen LogP contribution in [-0.4, -0.2) is 68.6 Å². The Balaban J connectivity index is 1.35. The molecular formula is C24H27BrN4O4. The Morgan fingerprint density at radius 1 is 1.06 bits per heavy atom. The molecule has 0 unspecified atom stereocenters. The van der Waals surface area contributed by atoms with Crippen molar-refractivity contribution in [1.82, 2.24) is 10.2 Å². The lowest BCUT2D eigenvalue weighted by atomic mass is 10.1. The van der Waals surface area contributed by atoms with Crippen molar-refractivity contribution in [2.75, 3.05) is 56.2 Å². The number of morpholine rings is 1. The van der Waals surface area contributed by atoms with Crippen LogP contribution in [0.5, 0.6) is 0 Å². The van der Waals surface area contributed by atoms with Gasteiger partial charge in [-0.25, -0.2) is 0 Å². The van der Waals surface area contributed by atoms with Crippen LogP contribution in [0.4, 0.5) is 11.4 Å². The maximum Gasteiger partial charge on any atom is 0.253 e. The van der Waals surface area contributed by atoms with Gasteiger partial charge in [-0.15, -0.1) is 0 Å². The zero-order valence-corrected chi connectivity index (χ0v) is 19.8. The Morgan fingerprint density at radius 2 is 1.79 bits per heavy atom. The van der Waals surface area contributed by atoms with Crippen molar-refractivity contribution in [1.29, 1.82) is 0 Å². The summed E-state index contributed by atoms with van der Waals surface area (Å²) in [5.41, 5.74) is 1.61. The van der Waals surface area contributed by atoms with Crippen LogP contribution in [0.2, 0.25) is 0 Å². The topological polar surface area (TPSA) is 91.0 Å². The maximum atomic E-state index is 12.9. The van der Waals surface area contributed by atoms with Crippen LogP contribution in [-0.2, 0) is 14.3 Å². The fraction of sp³-hybridized carbons (Fsp3) is 0.375. The van der Waals surface area contributed by atoms with Gasteiger partial charge in [0.05, 0.1) is 30.4 Å². The minimum absolute atomic E-state index is 0.0911. The lowest BCUT2D eigenvalue weighted by molar-refractivity contribution is -0.122. The minimum atomic E-state index is -0.487. The first-order valence-electron chi connectivity index (χ1n) is 11.1. The van der Waals surface area contributed by atoms with Crippen molar-refractivity contribution in [2.24, 2.45) is 5.92 Å². The maximum absolute atomic E-state index is 12.9. The number of nitrogens with one attached hydrogen (secondary N) is 2. The molecule has 174 valence electrons. The summed E-state index contributed by atoms with van der Waals surface area (Å²) in [5.74, 6) is -1.08. The number of rotatable bonds is 7. The predicted molar refractivity (Wildman–Crippen MR) is 129 cm³/mol. The van der Waals surface area contributed by atoms with Crippen LogP contribution in [0.1, 0.15) is 16.8 Å². The average molecular weight is 515 g/mol. The molecule has 2 saturated heterocycles. The molecular weight excluding hydrogens is 488 g/mol. The highest BCUT2D eigenvalue weighted by atomic mass is 79.9. The number of anilines is 2. The molecule has 4 rings (SSSR count). The largest absolute Gasteiger partial charge is 0.379 e. The van der Waals surface area contributed by atoms with Crippen LogP contribution >= 0.6 is 15.9 Å². The normalized spacial score (nSPS) is 18.9. The summed E-state index contributed by atoms with van der Waals surface area (Å²) < 4.78 is 6.26. The molecule has 0 radical (unpaired) electrons. The fourth-order valence-corrected chi connectivity index (χ4v) is 4.29. The van der Waals surface area contributed by atoms with Gasteiger partial charge in [0.25, 0.3) is 5.91 Å². The second-order valence-electron chi connectivity index (χ2n) is 8.13. The van der Waals surface area contributed by atoms with Crippen molar-refractivity contribution in [3.63, 3.8) is 0 Å². The van der Waals surface area contributed by atoms with Crippen LogP contribution < -0.4 is 15.5 Å². The van der Waals surface area contributed by atoms with Crippen molar-refractivity contribution in [2.45, 2.75) is 6.42 Å². The SMILES string of the molecule is O=C(NCCN1CCOCC1)c1ccccc1NC(=O)[C@H]1CC(=O)N(c2ccc(Br)cc2)C1. The first-order chi connectivity index (χ1) is 16.0. The fourth-order valence-electron chi connectivity index (χ4n) is 4.03. The molecule has 2 aliphatic rings. The molecule has 0 saturated carbocycles. The van der Waals surface area contributed by atoms with Crippen molar-refractivity contribution in [3.8, 4) is 0 Å². The van der Waals surface area contributed by atoms with E-state index >= 15 is 0 Å². The summed E-state index contributed by atoms with van der Waals surface area (Å²) in [6.07, 6.45) is 0.135. The molecule has 0 spiro atoms. The van der Waals surface area contributed by atoms with Crippen LogP contribution in [0, 0.1) is 5.92 Å². The van der Waals surface area contributed by atoms with E-state index < -0.39 is 5.92 Å². The van der Waals surface area contributed by atoms with Crippen molar-refractivity contribution < 1.29 is 19.1 Å². The highest BCUT2D eigenvalue weighted by Crippen LogP contribution is 2.27. The van der Waals surface area contributed by atoms with E-state index in [1.54, 1.807) is 29.2 Å². The lowest BCUT2D eigenvalue weighted by Crippen LogP contribution is -2.41. The van der Waals surface area contributed by atoms with Gasteiger partial charge in [0.1, 0.15) is 0 Å². The predicted octanol–water partition coefficient (Wildman–Crippen LogP) is 2.50. The van der Waals surface area contributed by atoms with Gasteiger partial charge >= 0.3 is 0 Å². The summed E-state index contributed by atoms with van der Waals surface area (Å²) >= 11 is 3.39. The Labute approximate surface area is 201 Å². The highest BCUT2D eigenvalue weighted by Gasteiger charge is 2.35. The summed E-state index contributed by atoms with van der Waals surface area (Å²) in [4.78, 5) is 42.1. The second kappa shape index (κ2) is 10.9. The van der Waals surface area contributed by atoms with Gasteiger partial charge in [-0.3, -0.25) is 19.3 Å². The number of ether oxygens (including phenoxy) is 1. The van der Waals surface area contributed by atoms with E-state index in [1.807, 2.05) is 24.3 Å². The number of amides is 3. The zero-order valence-electron chi connectivity index (χ0n) is 18.3. The van der Waals surface area contributed by atoms with Gasteiger partial charge < -0.3 is 20.3 Å². The van der Waals surface area contributed by atoms with E-state index in [-0.39, 0.29) is 24.1 Å². The molecule has 0 bridgehead atoms. The minimum Gasteiger partial charge on any atom is -0.379 e. The zero-order chi connectivity index (χ0) is 23.2. The molecule has 1 atom stereocenters. The quantitative estimate of drug-likeness (QED) is 0.592. The van der Waals surface area contributed by atoms with Crippen LogP contribution in [0.3, 0.4) is 0 Å². The number of hydrogen-bond acceptors (Lipinski definition) is 5. The van der Waals surface area contributed by atoms with Gasteiger partial charge in [-0.1, -0.05) is 28.1 Å². The number of halogens is 1. The van der Waals surface area contributed by atoms with Crippen molar-refractivity contribution in [3.05, 3.63) is 58.6 Å². The number of carbonyl (C=O) groups excluding carboxylic acids is 3. The molecule has 2 aliphatic heterocycles. The smallest absolute Gasteiger partial charge is 0.253 e. The number of benzene rings is 2. The summed E-state index contributed by atoms with van der Waals surface area (Å²) in [7, 11) is 0. The summed E-state index contributed by atoms with van der Waals surface area (Å²) in [6, 6.07) is 14.4. The van der Waals surface area contributed by atoms with E-state index in [0.717, 1.165) is 29.8 Å². The van der Waals surface area contributed by atoms with Crippen LogP contribution in [0.25, 0.3) is 0 Å². The first kappa shape index (κ1) is 23.4. The average Bonchev–Trinajstić information content (AvgIpc) is 3.22. The summed E-state index contributed by atoms with van der Waals surface area (Å²) in [6.45, 7) is 4.72. The van der Waals surface area contributed by atoms with Crippen molar-refractivity contribution >= 4 is 45.0 Å². The first-order valence-corrected chi connectivity index (χ1v) is 11.8. The Hall–Kier alpha value is -2.75. The molecule has 33 heavy (non-hydrogen) atoms. The standard InChI is InChI=1S/C24H27BrN4O4/c25-18-5-7-19(8-6-18)29-16-17(15-22(29)30)23(31)27-21-4-2-1-3-20(21)24(32)26-9-10-28-11-13-33-14-12-28/h1-8,17H,9-16H2,(H,26,32)(H,27,31)/t17-/m0/s1. The van der Waals surface area contributed by atoms with Gasteiger partial charge in [0.15, 0.2) is 0 Å². The molecule has 9 heteroatoms. The third kappa shape index (κ3) is 5.98. The molecule has 2 aromatic rings. The second-order valence-corrected chi connectivity index (χ2v) is 9.04. The van der Waals surface area contributed by atoms with E-state index in [4.69, 9.17) is 4.74 Å². The molecule has 2 heterocycles. The van der Waals surface area contributed by atoms with Gasteiger partial charge in [0.2, 0.25) is 11.8 Å². The van der Waals surface area contributed by atoms with E-state index in [0.29, 0.717) is 37.6 Å². The molecule has 3 amide bonds. The molecule has 2 fully saturated rings. The number of para-hydroxylation sites is 1. The third-order valence-corrected chi connectivity index (χ3v) is 6.41. The van der Waals surface area contributed by atoms with Gasteiger partial charge in [0, 0.05) is 49.3 Å². The van der Waals surface area contributed by atoms with Gasteiger partial charge in [-0.2, -0.15) is 0 Å². The van der Waals surface area contributed by atoms with E-state index in [1.165, 1.54) is 0 Å². The number of carbonyl (C=O) groups is 3. The van der Waals surface area contributed by atoms with E-state index in [2.05, 4.69) is 31.5 Å².